The van der Waals surface area contributed by atoms with Gasteiger partial charge in [-0.3, -0.25) is 9.59 Å². The van der Waals surface area contributed by atoms with Crippen molar-refractivity contribution in [2.45, 2.75) is 44.6 Å². The van der Waals surface area contributed by atoms with Gasteiger partial charge in [-0.25, -0.2) is 4.79 Å². The fourth-order valence-corrected chi connectivity index (χ4v) is 4.12. The lowest BCUT2D eigenvalue weighted by atomic mass is 9.75. The first-order chi connectivity index (χ1) is 16.3. The number of fused-ring (bicyclic) bond motifs is 14. The molecule has 0 aromatic heterocycles. The van der Waals surface area contributed by atoms with Gasteiger partial charge in [-0.2, -0.15) is 11.8 Å². The highest BCUT2D eigenvalue weighted by Crippen LogP contribution is 2.19. The molecule has 0 saturated carbocycles. The van der Waals surface area contributed by atoms with Crippen LogP contribution in [0.4, 0.5) is 0 Å². The maximum Gasteiger partial charge on any atom is 0.329 e. The Bertz CT molecular complexity index is 836. The molecule has 0 spiro atoms. The molecule has 9 nitrogen and oxygen atoms in total. The van der Waals surface area contributed by atoms with E-state index in [1.807, 2.05) is 44.2 Å². The molecule has 4 N–H and O–H groups in total. The summed E-state index contributed by atoms with van der Waals surface area (Å²) in [7, 11) is 2.66. The number of hydrogen-bond acceptors (Lipinski definition) is 8. The summed E-state index contributed by atoms with van der Waals surface area (Å²) in [5, 5.41) is 5.57. The van der Waals surface area contributed by atoms with Crippen molar-refractivity contribution in [3.63, 3.8) is 0 Å². The van der Waals surface area contributed by atoms with Gasteiger partial charge in [0, 0.05) is 17.3 Å². The van der Waals surface area contributed by atoms with E-state index in [2.05, 4.69) is 10.6 Å². The molecule has 0 saturated heterocycles. The van der Waals surface area contributed by atoms with Crippen molar-refractivity contribution >= 4 is 37.0 Å². The molecular formula is C23H33BN3O6S. The molecule has 2 aliphatic rings. The number of carbonyl (C=O) groups is 3. The van der Waals surface area contributed by atoms with Gasteiger partial charge >= 0.3 is 13.5 Å². The lowest BCUT2D eigenvalue weighted by molar-refractivity contribution is -0.144. The topological polar surface area (TPSA) is 129 Å². The summed E-state index contributed by atoms with van der Waals surface area (Å²) in [5.74, 6) is -0.377. The molecule has 0 unspecified atom stereocenters. The predicted molar refractivity (Wildman–Crippen MR) is 132 cm³/mol. The minimum absolute atomic E-state index is 0.0721. The lowest BCUT2D eigenvalue weighted by Gasteiger charge is -2.25. The first kappa shape index (κ1) is 27.7. The SMILES string of the molecule is COC(=O)[C@@H]1CSC/C=C\Oc2ccc(cc2)C[C@H]([B]OCN)C(=O)N[C@@H](CC(C)C)C(=O)N1. The third-order valence-electron chi connectivity index (χ3n) is 5.01. The van der Waals surface area contributed by atoms with Crippen molar-refractivity contribution in [2.24, 2.45) is 11.7 Å². The summed E-state index contributed by atoms with van der Waals surface area (Å²) in [4.78, 5) is 38.5. The predicted octanol–water partition coefficient (Wildman–Crippen LogP) is 1.40. The molecule has 11 heteroatoms. The number of thioether (sulfide) groups is 1. The molecule has 0 aliphatic carbocycles. The van der Waals surface area contributed by atoms with Gasteiger partial charge < -0.3 is 30.5 Å². The Morgan fingerprint density at radius 2 is 1.97 bits per heavy atom. The largest absolute Gasteiger partial charge is 0.467 e. The number of nitrogens with two attached hydrogens (primary N) is 1. The number of amides is 2. The number of nitrogens with one attached hydrogen (secondary N) is 2. The zero-order valence-electron chi connectivity index (χ0n) is 19.8. The summed E-state index contributed by atoms with van der Waals surface area (Å²) in [5.41, 5.74) is 6.34. The molecule has 2 bridgehead atoms. The molecule has 1 radical (unpaired) electrons. The van der Waals surface area contributed by atoms with Crippen LogP contribution in [-0.2, 0) is 30.2 Å². The number of esters is 1. The molecule has 1 aromatic rings. The van der Waals surface area contributed by atoms with Crippen molar-refractivity contribution in [1.82, 2.24) is 10.6 Å². The van der Waals surface area contributed by atoms with Crippen molar-refractivity contribution in [3.05, 3.63) is 42.2 Å². The zero-order chi connectivity index (χ0) is 24.9. The van der Waals surface area contributed by atoms with Gasteiger partial charge in [0.1, 0.15) is 17.8 Å². The van der Waals surface area contributed by atoms with Gasteiger partial charge in [0.05, 0.1) is 20.1 Å². The van der Waals surface area contributed by atoms with Crippen molar-refractivity contribution in [2.75, 3.05) is 25.3 Å². The second-order valence-corrected chi connectivity index (χ2v) is 9.30. The first-order valence-corrected chi connectivity index (χ1v) is 12.3. The molecule has 1 aromatic carbocycles. The van der Waals surface area contributed by atoms with Gasteiger partial charge in [-0.05, 0) is 42.5 Å². The van der Waals surface area contributed by atoms with Crippen molar-refractivity contribution in [3.8, 4) is 5.75 Å². The molecule has 2 amide bonds. The van der Waals surface area contributed by atoms with E-state index >= 15 is 0 Å². The highest BCUT2D eigenvalue weighted by molar-refractivity contribution is 7.99. The summed E-state index contributed by atoms with van der Waals surface area (Å²) in [6.07, 6.45) is 4.15. The third-order valence-corrected chi connectivity index (χ3v) is 6.01. The molecule has 2 aliphatic heterocycles. The van der Waals surface area contributed by atoms with E-state index < -0.39 is 29.8 Å². The van der Waals surface area contributed by atoms with Gasteiger partial charge in [0.2, 0.25) is 11.8 Å². The van der Waals surface area contributed by atoms with E-state index in [1.165, 1.54) is 26.4 Å². The molecule has 3 rings (SSSR count). The number of ether oxygens (including phenoxy) is 2. The van der Waals surface area contributed by atoms with E-state index in [4.69, 9.17) is 19.9 Å². The van der Waals surface area contributed by atoms with Gasteiger partial charge in [0.25, 0.3) is 0 Å². The van der Waals surface area contributed by atoms with Gasteiger partial charge in [-0.15, -0.1) is 0 Å². The van der Waals surface area contributed by atoms with Gasteiger partial charge in [-0.1, -0.05) is 26.0 Å². The van der Waals surface area contributed by atoms with E-state index in [-0.39, 0.29) is 18.6 Å². The van der Waals surface area contributed by atoms with Crippen LogP contribution in [0.2, 0.25) is 5.82 Å². The molecule has 34 heavy (non-hydrogen) atoms. The second-order valence-electron chi connectivity index (χ2n) is 8.23. The summed E-state index contributed by atoms with van der Waals surface area (Å²) in [6, 6.07) is 5.70. The molecule has 185 valence electrons. The van der Waals surface area contributed by atoms with E-state index in [0.29, 0.717) is 30.1 Å². The average molecular weight is 490 g/mol. The van der Waals surface area contributed by atoms with E-state index in [9.17, 15) is 14.4 Å². The minimum Gasteiger partial charge on any atom is -0.467 e. The maximum absolute atomic E-state index is 13.2. The van der Waals surface area contributed by atoms with Crippen LogP contribution in [0.5, 0.6) is 5.75 Å². The molecular weight excluding hydrogens is 457 g/mol. The fraction of sp³-hybridized carbons (Fsp3) is 0.522. The van der Waals surface area contributed by atoms with Crippen LogP contribution in [0.25, 0.3) is 0 Å². The summed E-state index contributed by atoms with van der Waals surface area (Å²) < 4.78 is 15.7. The van der Waals surface area contributed by atoms with E-state index in [1.54, 1.807) is 6.26 Å². The normalized spacial score (nSPS) is 23.1. The highest BCUT2D eigenvalue weighted by atomic mass is 32.2. The monoisotopic (exact) mass is 490 g/mol. The number of methoxy groups -OCH3 is 1. The quantitative estimate of drug-likeness (QED) is 0.310. The Morgan fingerprint density at radius 3 is 2.62 bits per heavy atom. The number of rotatable bonds is 6. The third kappa shape index (κ3) is 9.40. The van der Waals surface area contributed by atoms with Crippen molar-refractivity contribution < 1.29 is 28.5 Å². The molecule has 3 atom stereocenters. The standard InChI is InChI=1S/C23H33BN3O6S/c1-15(2)11-19-22(29)27-20(23(30)31-3)13-34-10-4-9-32-17-7-5-16(6-8-17)12-18(21(28)26-19)24-33-14-25/h4-9,15,18-20H,10-14,25H2,1-3H3,(H,26,28)(H,27,29)/b9-4-/t18-,19-,20-/m0/s1. The minimum atomic E-state index is -0.850. The Hall–Kier alpha value is -2.50. The Balaban J connectivity index is 2.32. The number of hydrogen-bond donors (Lipinski definition) is 3. The smallest absolute Gasteiger partial charge is 0.329 e. The summed E-state index contributed by atoms with van der Waals surface area (Å²) >= 11 is 1.44. The van der Waals surface area contributed by atoms with Crippen molar-refractivity contribution in [1.29, 1.82) is 0 Å². The second kappa shape index (κ2) is 14.7. The first-order valence-electron chi connectivity index (χ1n) is 11.2. The van der Waals surface area contributed by atoms with Crippen LogP contribution in [0, 0.1) is 5.92 Å². The van der Waals surface area contributed by atoms with Crippen LogP contribution in [0.3, 0.4) is 0 Å². The number of carbonyl (C=O) groups excluding carboxylic acids is 3. The average Bonchev–Trinajstić information content (AvgIpc) is 2.81. The van der Waals surface area contributed by atoms with Crippen LogP contribution in [0.1, 0.15) is 25.8 Å². The van der Waals surface area contributed by atoms with Crippen LogP contribution in [0.15, 0.2) is 36.6 Å². The maximum atomic E-state index is 13.2. The summed E-state index contributed by atoms with van der Waals surface area (Å²) in [6.45, 7) is 3.84. The fourth-order valence-electron chi connectivity index (χ4n) is 3.32. The van der Waals surface area contributed by atoms with Crippen LogP contribution < -0.4 is 21.1 Å². The van der Waals surface area contributed by atoms with Crippen LogP contribution >= 0.6 is 11.8 Å². The Morgan fingerprint density at radius 1 is 1.24 bits per heavy atom. The van der Waals surface area contributed by atoms with Crippen LogP contribution in [-0.4, -0.2) is 62.7 Å². The highest BCUT2D eigenvalue weighted by Gasteiger charge is 2.30. The Labute approximate surface area is 205 Å². The zero-order valence-corrected chi connectivity index (χ0v) is 20.6. The Kier molecular flexibility index (Phi) is 12.0. The van der Waals surface area contributed by atoms with E-state index in [0.717, 1.165) is 5.56 Å². The number of benzene rings is 1. The lowest BCUT2D eigenvalue weighted by Crippen LogP contribution is -2.53. The van der Waals surface area contributed by atoms with Gasteiger partial charge in [0.15, 0.2) is 0 Å². The molecule has 2 heterocycles. The molecule has 0 fully saturated rings.